The second-order valence-corrected chi connectivity index (χ2v) is 5.83. The van der Waals surface area contributed by atoms with Gasteiger partial charge in [0.15, 0.2) is 0 Å². The minimum absolute atomic E-state index is 0.116. The van der Waals surface area contributed by atoms with E-state index >= 15 is 0 Å². The van der Waals surface area contributed by atoms with E-state index in [1.165, 1.54) is 38.5 Å². The Kier molecular flexibility index (Phi) is 6.87. The zero-order valence-electron chi connectivity index (χ0n) is 12.0. The maximum absolute atomic E-state index is 12.2. The molecule has 0 amide bonds. The van der Waals surface area contributed by atoms with E-state index in [0.717, 1.165) is 6.42 Å². The maximum atomic E-state index is 12.2. The summed E-state index contributed by atoms with van der Waals surface area (Å²) in [5.74, 6) is 0.293. The van der Waals surface area contributed by atoms with Crippen LogP contribution in [0.4, 0.5) is 0 Å². The lowest BCUT2D eigenvalue weighted by molar-refractivity contribution is -0.128. The second-order valence-electron chi connectivity index (χ2n) is 5.83. The minimum Gasteiger partial charge on any atom is -0.379 e. The summed E-state index contributed by atoms with van der Waals surface area (Å²) in [6.45, 7) is 5.21. The fourth-order valence-electron chi connectivity index (χ4n) is 2.50. The van der Waals surface area contributed by atoms with Crippen LogP contribution in [0.15, 0.2) is 0 Å². The highest BCUT2D eigenvalue weighted by Gasteiger charge is 2.43. The van der Waals surface area contributed by atoms with Crippen molar-refractivity contribution in [3.8, 4) is 0 Å². The van der Waals surface area contributed by atoms with Gasteiger partial charge < -0.3 is 10.5 Å². The van der Waals surface area contributed by atoms with Gasteiger partial charge in [0.2, 0.25) is 0 Å². The van der Waals surface area contributed by atoms with Crippen molar-refractivity contribution in [2.75, 3.05) is 13.2 Å². The van der Waals surface area contributed by atoms with Crippen LogP contribution in [-0.4, -0.2) is 25.0 Å². The van der Waals surface area contributed by atoms with Crippen LogP contribution in [0.1, 0.15) is 65.2 Å². The zero-order valence-corrected chi connectivity index (χ0v) is 12.0. The van der Waals surface area contributed by atoms with Crippen LogP contribution in [0.25, 0.3) is 0 Å². The Morgan fingerprint density at radius 2 is 1.83 bits per heavy atom. The van der Waals surface area contributed by atoms with Crippen molar-refractivity contribution < 1.29 is 9.53 Å². The first-order valence-corrected chi connectivity index (χ1v) is 7.48. The molecule has 106 valence electrons. The zero-order chi connectivity index (χ0) is 13.4. The molecule has 1 saturated heterocycles. The molecule has 0 aromatic rings. The molecule has 3 heteroatoms. The highest BCUT2D eigenvalue weighted by Crippen LogP contribution is 2.30. The van der Waals surface area contributed by atoms with Gasteiger partial charge in [-0.15, -0.1) is 0 Å². The van der Waals surface area contributed by atoms with Gasteiger partial charge in [0.25, 0.3) is 0 Å². The number of nitrogens with two attached hydrogens (primary N) is 1. The predicted octanol–water partition coefficient (Wildman–Crippen LogP) is 3.06. The average molecular weight is 255 g/mol. The third-order valence-corrected chi connectivity index (χ3v) is 4.16. The summed E-state index contributed by atoms with van der Waals surface area (Å²) in [5, 5.41) is 0. The highest BCUT2D eigenvalue weighted by atomic mass is 16.5. The molecule has 1 rings (SSSR count). The van der Waals surface area contributed by atoms with Crippen LogP contribution >= 0.6 is 0 Å². The number of hydrogen-bond donors (Lipinski definition) is 1. The second kappa shape index (κ2) is 7.90. The van der Waals surface area contributed by atoms with Gasteiger partial charge in [0.1, 0.15) is 5.78 Å². The molecule has 0 aromatic carbocycles. The van der Waals surface area contributed by atoms with E-state index in [0.29, 0.717) is 25.4 Å². The third kappa shape index (κ3) is 4.36. The topological polar surface area (TPSA) is 52.3 Å². The number of carbonyl (C=O) groups is 1. The van der Waals surface area contributed by atoms with Crippen molar-refractivity contribution in [3.63, 3.8) is 0 Å². The molecule has 0 aromatic heterocycles. The lowest BCUT2D eigenvalue weighted by Gasteiger charge is -2.25. The fourth-order valence-corrected chi connectivity index (χ4v) is 2.50. The molecule has 2 unspecified atom stereocenters. The predicted molar refractivity (Wildman–Crippen MR) is 74.5 cm³/mol. The Balaban J connectivity index is 2.10. The number of hydrogen-bond acceptors (Lipinski definition) is 3. The first-order chi connectivity index (χ1) is 8.61. The van der Waals surface area contributed by atoms with Gasteiger partial charge in [-0.1, -0.05) is 45.4 Å². The number of ether oxygens (including phenoxy) is 1. The maximum Gasteiger partial charge on any atom is 0.142 e. The van der Waals surface area contributed by atoms with Crippen molar-refractivity contribution >= 4 is 5.78 Å². The lowest BCUT2D eigenvalue weighted by Crippen LogP contribution is -2.44. The van der Waals surface area contributed by atoms with Gasteiger partial charge in [-0.25, -0.2) is 0 Å². The minimum atomic E-state index is -0.428. The third-order valence-electron chi connectivity index (χ3n) is 4.16. The van der Waals surface area contributed by atoms with Crippen molar-refractivity contribution in [3.05, 3.63) is 0 Å². The quantitative estimate of drug-likeness (QED) is 0.644. The first kappa shape index (κ1) is 15.6. The molecule has 1 fully saturated rings. The molecule has 0 bridgehead atoms. The van der Waals surface area contributed by atoms with Crippen LogP contribution in [0.3, 0.4) is 0 Å². The van der Waals surface area contributed by atoms with Crippen molar-refractivity contribution in [2.45, 2.75) is 71.3 Å². The summed E-state index contributed by atoms with van der Waals surface area (Å²) in [6, 6.07) is -0.116. The van der Waals surface area contributed by atoms with Gasteiger partial charge in [0.05, 0.1) is 18.6 Å². The molecule has 0 spiro atoms. The van der Waals surface area contributed by atoms with Gasteiger partial charge >= 0.3 is 0 Å². The van der Waals surface area contributed by atoms with Crippen LogP contribution < -0.4 is 5.73 Å². The van der Waals surface area contributed by atoms with Crippen LogP contribution in [0.5, 0.6) is 0 Å². The van der Waals surface area contributed by atoms with Crippen molar-refractivity contribution in [2.24, 2.45) is 11.1 Å². The normalized spacial score (nSPS) is 27.6. The molecular formula is C15H29NO2. The van der Waals surface area contributed by atoms with Crippen molar-refractivity contribution in [1.82, 2.24) is 0 Å². The average Bonchev–Trinajstić information content (AvgIpc) is 2.69. The molecule has 1 aliphatic rings. The Hall–Kier alpha value is -0.410. The number of Topliss-reactive ketones (excluding diaryl/α,β-unsaturated/α-hetero) is 1. The van der Waals surface area contributed by atoms with Gasteiger partial charge in [-0.2, -0.15) is 0 Å². The van der Waals surface area contributed by atoms with Crippen LogP contribution in [-0.2, 0) is 9.53 Å². The summed E-state index contributed by atoms with van der Waals surface area (Å²) in [5.41, 5.74) is 5.53. The van der Waals surface area contributed by atoms with E-state index < -0.39 is 5.41 Å². The molecule has 0 aliphatic carbocycles. The molecule has 2 atom stereocenters. The first-order valence-electron chi connectivity index (χ1n) is 7.48. The summed E-state index contributed by atoms with van der Waals surface area (Å²) in [6.07, 6.45) is 9.36. The van der Waals surface area contributed by atoms with E-state index in [9.17, 15) is 4.79 Å². The summed E-state index contributed by atoms with van der Waals surface area (Å²) < 4.78 is 5.32. The fraction of sp³-hybridized carbons (Fsp3) is 0.933. The van der Waals surface area contributed by atoms with Gasteiger partial charge in [-0.05, 0) is 13.3 Å². The number of rotatable bonds is 9. The molecule has 1 heterocycles. The molecule has 0 radical (unpaired) electrons. The summed E-state index contributed by atoms with van der Waals surface area (Å²) in [4.78, 5) is 12.2. The van der Waals surface area contributed by atoms with Crippen LogP contribution in [0, 0.1) is 5.41 Å². The number of carbonyl (C=O) groups excluding carboxylic acids is 1. The van der Waals surface area contributed by atoms with E-state index in [2.05, 4.69) is 6.92 Å². The van der Waals surface area contributed by atoms with E-state index in [4.69, 9.17) is 10.5 Å². The molecule has 3 nitrogen and oxygen atoms in total. The van der Waals surface area contributed by atoms with E-state index in [-0.39, 0.29) is 6.04 Å². The monoisotopic (exact) mass is 255 g/mol. The van der Waals surface area contributed by atoms with Crippen molar-refractivity contribution in [1.29, 1.82) is 0 Å². The molecule has 18 heavy (non-hydrogen) atoms. The number of ketones is 1. The molecular weight excluding hydrogens is 226 g/mol. The number of unbranched alkanes of at least 4 members (excludes halogenated alkanes) is 6. The Morgan fingerprint density at radius 1 is 1.22 bits per heavy atom. The van der Waals surface area contributed by atoms with Gasteiger partial charge in [0, 0.05) is 12.5 Å². The largest absolute Gasteiger partial charge is 0.379 e. The highest BCUT2D eigenvalue weighted by molar-refractivity contribution is 5.85. The molecule has 1 aliphatic heterocycles. The summed E-state index contributed by atoms with van der Waals surface area (Å²) >= 11 is 0. The molecule has 0 saturated carbocycles. The Labute approximate surface area is 111 Å². The van der Waals surface area contributed by atoms with E-state index in [1.54, 1.807) is 0 Å². The smallest absolute Gasteiger partial charge is 0.142 e. The Bertz CT molecular complexity index is 255. The van der Waals surface area contributed by atoms with E-state index in [1.807, 2.05) is 6.92 Å². The molecule has 2 N–H and O–H groups in total. The summed E-state index contributed by atoms with van der Waals surface area (Å²) in [7, 11) is 0. The van der Waals surface area contributed by atoms with Gasteiger partial charge in [-0.3, -0.25) is 4.79 Å². The Morgan fingerprint density at radius 3 is 2.39 bits per heavy atom. The SMILES string of the molecule is CCCCCCCCCC(=O)C1(C)COCC1N. The van der Waals surface area contributed by atoms with Crippen LogP contribution in [0.2, 0.25) is 0 Å². The standard InChI is InChI=1S/C15H29NO2/c1-3-4-5-6-7-8-9-10-14(17)15(2)12-18-11-13(15)16/h13H,3-12,16H2,1-2H3. The lowest BCUT2D eigenvalue weighted by atomic mass is 9.79.